The zero-order valence-electron chi connectivity index (χ0n) is 14.9. The first-order valence-electron chi connectivity index (χ1n) is 7.99. The Bertz CT molecular complexity index is 966. The third kappa shape index (κ3) is 7.11. The van der Waals surface area contributed by atoms with Gasteiger partial charge in [0.15, 0.2) is 0 Å². The molecule has 2 aromatic carbocycles. The van der Waals surface area contributed by atoms with E-state index in [0.717, 1.165) is 24.3 Å². The monoisotopic (exact) mass is 452 g/mol. The molecule has 0 aliphatic rings. The summed E-state index contributed by atoms with van der Waals surface area (Å²) < 4.78 is 71.7. The molecule has 158 valence electrons. The van der Waals surface area contributed by atoms with Crippen LogP contribution in [0.4, 0.5) is 18.9 Å². The quantitative estimate of drug-likeness (QED) is 0.639. The van der Waals surface area contributed by atoms with Gasteiger partial charge in [-0.1, -0.05) is 11.6 Å². The fraction of sp³-hybridized carbons (Fsp3) is 0.235. The van der Waals surface area contributed by atoms with Gasteiger partial charge in [-0.05, 0) is 42.5 Å². The lowest BCUT2D eigenvalue weighted by Gasteiger charge is -2.11. The smallest absolute Gasteiger partial charge is 0.495 e. The van der Waals surface area contributed by atoms with Crippen LogP contribution in [0.25, 0.3) is 0 Å². The number of amides is 1. The summed E-state index contributed by atoms with van der Waals surface area (Å²) in [7, 11) is -2.61. The van der Waals surface area contributed by atoms with E-state index in [1.165, 1.54) is 13.2 Å². The van der Waals surface area contributed by atoms with Gasteiger partial charge in [0.1, 0.15) is 11.5 Å². The van der Waals surface area contributed by atoms with E-state index < -0.39 is 28.0 Å². The third-order valence-electron chi connectivity index (χ3n) is 3.45. The number of methoxy groups -OCH3 is 1. The molecule has 2 aromatic rings. The van der Waals surface area contributed by atoms with E-state index in [-0.39, 0.29) is 17.9 Å². The molecule has 29 heavy (non-hydrogen) atoms. The van der Waals surface area contributed by atoms with Gasteiger partial charge in [0.25, 0.3) is 0 Å². The highest BCUT2D eigenvalue weighted by Crippen LogP contribution is 2.28. The van der Waals surface area contributed by atoms with Crippen molar-refractivity contribution in [3.8, 4) is 11.5 Å². The number of hydrogen-bond acceptors (Lipinski definition) is 5. The molecule has 0 saturated carbocycles. The lowest BCUT2D eigenvalue weighted by Crippen LogP contribution is -2.28. The van der Waals surface area contributed by atoms with Crippen molar-refractivity contribution in [2.24, 2.45) is 0 Å². The van der Waals surface area contributed by atoms with Gasteiger partial charge in [0, 0.05) is 18.0 Å². The number of hydrogen-bond donors (Lipinski definition) is 2. The van der Waals surface area contributed by atoms with Gasteiger partial charge in [-0.2, -0.15) is 0 Å². The van der Waals surface area contributed by atoms with Crippen LogP contribution >= 0.6 is 11.6 Å². The topological polar surface area (TPSA) is 93.7 Å². The summed E-state index contributed by atoms with van der Waals surface area (Å²) in [5, 5.41) is 2.93. The number of ether oxygens (including phenoxy) is 2. The second-order valence-electron chi connectivity index (χ2n) is 5.56. The van der Waals surface area contributed by atoms with Gasteiger partial charge >= 0.3 is 6.36 Å². The highest BCUT2D eigenvalue weighted by molar-refractivity contribution is 7.89. The first-order chi connectivity index (χ1) is 13.5. The van der Waals surface area contributed by atoms with Gasteiger partial charge in [-0.3, -0.25) is 4.79 Å². The molecule has 12 heteroatoms. The molecule has 0 fully saturated rings. The first kappa shape index (κ1) is 22.8. The Balaban J connectivity index is 1.92. The molecule has 0 bridgehead atoms. The Kier molecular flexibility index (Phi) is 7.33. The average Bonchev–Trinajstić information content (AvgIpc) is 2.61. The van der Waals surface area contributed by atoms with E-state index in [1.54, 1.807) is 12.1 Å². The fourth-order valence-electron chi connectivity index (χ4n) is 2.19. The highest BCUT2D eigenvalue weighted by atomic mass is 35.5. The molecule has 0 atom stereocenters. The first-order valence-corrected chi connectivity index (χ1v) is 9.85. The Hall–Kier alpha value is -2.50. The van der Waals surface area contributed by atoms with Crippen LogP contribution in [-0.2, 0) is 14.8 Å². The number of carbonyl (C=O) groups excluding carboxylic acids is 1. The van der Waals surface area contributed by atoms with E-state index in [2.05, 4.69) is 14.8 Å². The minimum atomic E-state index is -4.88. The fourth-order valence-corrected chi connectivity index (χ4v) is 3.40. The number of sulfonamides is 1. The molecule has 7 nitrogen and oxygen atoms in total. The lowest BCUT2D eigenvalue weighted by atomic mass is 10.2. The van der Waals surface area contributed by atoms with Crippen LogP contribution < -0.4 is 19.5 Å². The molecule has 0 aliphatic carbocycles. The number of anilines is 1. The van der Waals surface area contributed by atoms with Crippen LogP contribution in [-0.4, -0.2) is 34.3 Å². The largest absolute Gasteiger partial charge is 0.573 e. The molecule has 0 saturated heterocycles. The summed E-state index contributed by atoms with van der Waals surface area (Å²) in [5.41, 5.74) is 0.327. The Morgan fingerprint density at radius 1 is 1.14 bits per heavy atom. The maximum Gasteiger partial charge on any atom is 0.573 e. The molecule has 0 radical (unpaired) electrons. The predicted octanol–water partition coefficient (Wildman–Crippen LogP) is 3.55. The molecular weight excluding hydrogens is 437 g/mol. The summed E-state index contributed by atoms with van der Waals surface area (Å²) in [6, 6.07) is 8.29. The van der Waals surface area contributed by atoms with Crippen LogP contribution in [0.3, 0.4) is 0 Å². The van der Waals surface area contributed by atoms with Gasteiger partial charge in [0.05, 0.1) is 17.7 Å². The maximum absolute atomic E-state index is 12.2. The Labute approximate surface area is 169 Å². The number of alkyl halides is 3. The summed E-state index contributed by atoms with van der Waals surface area (Å²) in [6.07, 6.45) is -5.08. The zero-order chi connectivity index (χ0) is 21.7. The molecule has 1 amide bonds. The SMILES string of the molecule is COc1ccc(Cl)cc1NC(=O)CCNS(=O)(=O)c1ccc(OC(F)(F)F)cc1. The van der Waals surface area contributed by atoms with Crippen molar-refractivity contribution in [3.63, 3.8) is 0 Å². The Morgan fingerprint density at radius 2 is 1.79 bits per heavy atom. The number of nitrogens with one attached hydrogen (secondary N) is 2. The zero-order valence-corrected chi connectivity index (χ0v) is 16.5. The van der Waals surface area contributed by atoms with Crippen LogP contribution in [0.2, 0.25) is 5.02 Å². The third-order valence-corrected chi connectivity index (χ3v) is 5.16. The molecule has 0 heterocycles. The van der Waals surface area contributed by atoms with Crippen molar-refractivity contribution >= 4 is 33.2 Å². The van der Waals surface area contributed by atoms with Crippen molar-refractivity contribution in [1.82, 2.24) is 4.72 Å². The van der Waals surface area contributed by atoms with E-state index in [4.69, 9.17) is 16.3 Å². The lowest BCUT2D eigenvalue weighted by molar-refractivity contribution is -0.274. The van der Waals surface area contributed by atoms with E-state index in [0.29, 0.717) is 16.5 Å². The second-order valence-corrected chi connectivity index (χ2v) is 7.76. The van der Waals surface area contributed by atoms with Gasteiger partial charge < -0.3 is 14.8 Å². The normalized spacial score (nSPS) is 11.8. The maximum atomic E-state index is 12.2. The van der Waals surface area contributed by atoms with E-state index >= 15 is 0 Å². The Morgan fingerprint density at radius 3 is 2.38 bits per heavy atom. The van der Waals surface area contributed by atoms with Crippen LogP contribution in [0, 0.1) is 0 Å². The predicted molar refractivity (Wildman–Crippen MR) is 99.6 cm³/mol. The molecule has 0 spiro atoms. The van der Waals surface area contributed by atoms with Crippen LogP contribution in [0.1, 0.15) is 6.42 Å². The van der Waals surface area contributed by atoms with Crippen molar-refractivity contribution in [2.75, 3.05) is 19.0 Å². The minimum absolute atomic E-state index is 0.204. The summed E-state index contributed by atoms with van der Waals surface area (Å²) in [6.45, 7) is -0.238. The van der Waals surface area contributed by atoms with Crippen LogP contribution in [0.5, 0.6) is 11.5 Å². The second kappa shape index (κ2) is 9.33. The molecule has 0 aromatic heterocycles. The standard InChI is InChI=1S/C17H16ClF3N2O5S/c1-27-15-7-2-11(18)10-14(15)23-16(24)8-9-22-29(25,26)13-5-3-12(4-6-13)28-17(19,20)21/h2-7,10,22H,8-9H2,1H3,(H,23,24). The van der Waals surface area contributed by atoms with Crippen molar-refractivity contribution in [3.05, 3.63) is 47.5 Å². The summed E-state index contributed by atoms with van der Waals surface area (Å²) in [4.78, 5) is 11.8. The van der Waals surface area contributed by atoms with Crippen molar-refractivity contribution in [2.45, 2.75) is 17.7 Å². The van der Waals surface area contributed by atoms with Crippen molar-refractivity contribution < 1.29 is 35.9 Å². The van der Waals surface area contributed by atoms with Gasteiger partial charge in [-0.25, -0.2) is 13.1 Å². The minimum Gasteiger partial charge on any atom is -0.495 e. The summed E-state index contributed by atoms with van der Waals surface area (Å²) in [5.74, 6) is -0.669. The molecule has 2 rings (SSSR count). The van der Waals surface area contributed by atoms with Gasteiger partial charge in [0.2, 0.25) is 15.9 Å². The van der Waals surface area contributed by atoms with Gasteiger partial charge in [-0.15, -0.1) is 13.2 Å². The average molecular weight is 453 g/mol. The van der Waals surface area contributed by atoms with E-state index in [1.807, 2.05) is 0 Å². The molecule has 0 unspecified atom stereocenters. The summed E-state index contributed by atoms with van der Waals surface area (Å²) >= 11 is 5.87. The highest BCUT2D eigenvalue weighted by Gasteiger charge is 2.31. The number of carbonyl (C=O) groups is 1. The number of benzene rings is 2. The van der Waals surface area contributed by atoms with Crippen molar-refractivity contribution in [1.29, 1.82) is 0 Å². The molecular formula is C17H16ClF3N2O5S. The van der Waals surface area contributed by atoms with Crippen LogP contribution in [0.15, 0.2) is 47.4 Å². The van der Waals surface area contributed by atoms with E-state index in [9.17, 15) is 26.4 Å². The molecule has 2 N–H and O–H groups in total. The number of halogens is 4. The number of rotatable bonds is 8. The molecule has 0 aliphatic heterocycles.